The van der Waals surface area contributed by atoms with Crippen LogP contribution in [-0.4, -0.2) is 45.9 Å². The molecule has 1 fully saturated rings. The van der Waals surface area contributed by atoms with Crippen LogP contribution in [0.2, 0.25) is 0 Å². The molecule has 25 heavy (non-hydrogen) atoms. The quantitative estimate of drug-likeness (QED) is 0.926. The number of nitrogens with zero attached hydrogens (tertiary/aromatic N) is 4. The zero-order chi connectivity index (χ0) is 17.8. The number of piperidine rings is 1. The van der Waals surface area contributed by atoms with E-state index in [-0.39, 0.29) is 12.1 Å². The van der Waals surface area contributed by atoms with Crippen molar-refractivity contribution in [1.29, 1.82) is 0 Å². The predicted molar refractivity (Wildman–Crippen MR) is 95.4 cm³/mol. The highest BCUT2D eigenvalue weighted by molar-refractivity contribution is 5.89. The minimum atomic E-state index is -0.0568. The molecule has 1 aromatic carbocycles. The first-order valence-corrected chi connectivity index (χ1v) is 8.61. The van der Waals surface area contributed by atoms with Gasteiger partial charge in [0.15, 0.2) is 0 Å². The first-order chi connectivity index (χ1) is 12.1. The Kier molecular flexibility index (Phi) is 5.33. The molecule has 134 valence electrons. The largest absolute Gasteiger partial charge is 0.377 e. The summed E-state index contributed by atoms with van der Waals surface area (Å²) in [5.74, 6) is 1.36. The summed E-state index contributed by atoms with van der Waals surface area (Å²) in [6.07, 6.45) is 3.53. The van der Waals surface area contributed by atoms with Crippen LogP contribution in [-0.2, 0) is 11.8 Å². The van der Waals surface area contributed by atoms with Gasteiger partial charge in [0.2, 0.25) is 0 Å². The van der Waals surface area contributed by atoms with E-state index in [1.54, 1.807) is 13.4 Å². The maximum absolute atomic E-state index is 12.5. The second-order valence-electron chi connectivity index (χ2n) is 6.49. The summed E-state index contributed by atoms with van der Waals surface area (Å²) in [6.45, 7) is 3.42. The minimum absolute atomic E-state index is 0.000933. The van der Waals surface area contributed by atoms with Gasteiger partial charge in [-0.2, -0.15) is 0 Å². The molecule has 1 aliphatic heterocycles. The van der Waals surface area contributed by atoms with Crippen LogP contribution in [0.4, 0.5) is 10.5 Å². The summed E-state index contributed by atoms with van der Waals surface area (Å²) in [4.78, 5) is 14.4. The molecule has 7 nitrogen and oxygen atoms in total. The lowest BCUT2D eigenvalue weighted by molar-refractivity contribution is 0.119. The Balaban J connectivity index is 1.57. The second kappa shape index (κ2) is 7.65. The number of likely N-dealkylation sites (tertiary alicyclic amines) is 1. The van der Waals surface area contributed by atoms with E-state index in [9.17, 15) is 4.79 Å². The molecular formula is C18H25N5O2. The number of carbonyl (C=O) groups excluding carboxylic acids is 1. The molecule has 1 saturated heterocycles. The molecule has 1 N–H and O–H groups in total. The van der Waals surface area contributed by atoms with Gasteiger partial charge in [-0.25, -0.2) is 4.79 Å². The van der Waals surface area contributed by atoms with Crippen molar-refractivity contribution in [2.24, 2.45) is 7.05 Å². The molecule has 1 aromatic heterocycles. The third kappa shape index (κ3) is 3.99. The maximum Gasteiger partial charge on any atom is 0.321 e. The lowest BCUT2D eigenvalue weighted by Crippen LogP contribution is -2.40. The highest BCUT2D eigenvalue weighted by Gasteiger charge is 2.26. The Morgan fingerprint density at radius 2 is 2.12 bits per heavy atom. The molecule has 0 saturated carbocycles. The third-order valence-corrected chi connectivity index (χ3v) is 4.85. The standard InChI is InChI=1S/C18H25N5O2/c1-13(25-3)15-5-4-6-16(11-15)20-18(24)23-9-7-14(8-10-23)17-21-19-12-22(17)2/h4-6,11-14H,7-10H2,1-3H3,(H,20,24)/t13-/m0/s1. The zero-order valence-corrected chi connectivity index (χ0v) is 15.0. The van der Waals surface area contributed by atoms with E-state index in [0.717, 1.165) is 43.0 Å². The van der Waals surface area contributed by atoms with Crippen LogP contribution >= 0.6 is 0 Å². The van der Waals surface area contributed by atoms with E-state index >= 15 is 0 Å². The van der Waals surface area contributed by atoms with Crippen LogP contribution in [0.3, 0.4) is 0 Å². The Hall–Kier alpha value is -2.41. The topological polar surface area (TPSA) is 72.3 Å². The number of methoxy groups -OCH3 is 1. The van der Waals surface area contributed by atoms with Gasteiger partial charge in [0, 0.05) is 38.9 Å². The van der Waals surface area contributed by atoms with Crippen LogP contribution in [0, 0.1) is 0 Å². The average Bonchev–Trinajstić information content (AvgIpc) is 3.07. The average molecular weight is 343 g/mol. The number of anilines is 1. The van der Waals surface area contributed by atoms with E-state index < -0.39 is 0 Å². The summed E-state index contributed by atoms with van der Waals surface area (Å²) >= 11 is 0. The molecule has 0 spiro atoms. The van der Waals surface area contributed by atoms with Gasteiger partial charge < -0.3 is 19.5 Å². The van der Waals surface area contributed by atoms with Gasteiger partial charge >= 0.3 is 6.03 Å². The van der Waals surface area contributed by atoms with Crippen molar-refractivity contribution in [3.8, 4) is 0 Å². The normalized spacial score (nSPS) is 16.7. The SMILES string of the molecule is CO[C@@H](C)c1cccc(NC(=O)N2CCC(c3nncn3C)CC2)c1. The molecule has 7 heteroatoms. The van der Waals surface area contributed by atoms with Gasteiger partial charge in [-0.3, -0.25) is 0 Å². The number of hydrogen-bond acceptors (Lipinski definition) is 4. The fourth-order valence-corrected chi connectivity index (χ4v) is 3.21. The highest BCUT2D eigenvalue weighted by Crippen LogP contribution is 2.26. The second-order valence-corrected chi connectivity index (χ2v) is 6.49. The summed E-state index contributed by atoms with van der Waals surface area (Å²) in [5.41, 5.74) is 1.84. The minimum Gasteiger partial charge on any atom is -0.377 e. The highest BCUT2D eigenvalue weighted by atomic mass is 16.5. The van der Waals surface area contributed by atoms with E-state index in [4.69, 9.17) is 4.74 Å². The summed E-state index contributed by atoms with van der Waals surface area (Å²) in [7, 11) is 3.64. The Labute approximate surface area is 148 Å². The number of aromatic nitrogens is 3. The number of ether oxygens (including phenoxy) is 1. The number of rotatable bonds is 4. The van der Waals surface area contributed by atoms with E-state index in [2.05, 4.69) is 15.5 Å². The van der Waals surface area contributed by atoms with Gasteiger partial charge in [0.1, 0.15) is 12.2 Å². The lowest BCUT2D eigenvalue weighted by Gasteiger charge is -2.31. The molecule has 2 heterocycles. The number of urea groups is 1. The number of benzene rings is 1. The van der Waals surface area contributed by atoms with Crippen LogP contribution in [0.25, 0.3) is 0 Å². The zero-order valence-electron chi connectivity index (χ0n) is 15.0. The molecule has 0 aliphatic carbocycles. The lowest BCUT2D eigenvalue weighted by atomic mass is 9.96. The molecule has 0 bridgehead atoms. The van der Waals surface area contributed by atoms with Crippen molar-refractivity contribution in [2.45, 2.75) is 31.8 Å². The van der Waals surface area contributed by atoms with Crippen molar-refractivity contribution >= 4 is 11.7 Å². The number of aryl methyl sites for hydroxylation is 1. The summed E-state index contributed by atoms with van der Waals surface area (Å²) in [5, 5.41) is 11.1. The Morgan fingerprint density at radius 1 is 1.36 bits per heavy atom. The Bertz CT molecular complexity index is 722. The fourth-order valence-electron chi connectivity index (χ4n) is 3.21. The number of hydrogen-bond donors (Lipinski definition) is 1. The number of carbonyl (C=O) groups is 1. The van der Waals surface area contributed by atoms with Crippen molar-refractivity contribution in [3.63, 3.8) is 0 Å². The van der Waals surface area contributed by atoms with E-state index in [0.29, 0.717) is 5.92 Å². The molecule has 3 rings (SSSR count). The predicted octanol–water partition coefficient (Wildman–Crippen LogP) is 2.93. The van der Waals surface area contributed by atoms with Crippen molar-refractivity contribution in [1.82, 2.24) is 19.7 Å². The van der Waals surface area contributed by atoms with Gasteiger partial charge in [0.05, 0.1) is 6.10 Å². The fraction of sp³-hybridized carbons (Fsp3) is 0.500. The Morgan fingerprint density at radius 3 is 2.76 bits per heavy atom. The molecule has 1 aliphatic rings. The van der Waals surface area contributed by atoms with Gasteiger partial charge in [-0.05, 0) is 37.5 Å². The molecule has 2 amide bonds. The van der Waals surface area contributed by atoms with Crippen molar-refractivity contribution in [3.05, 3.63) is 42.0 Å². The first kappa shape index (κ1) is 17.4. The smallest absolute Gasteiger partial charge is 0.321 e. The third-order valence-electron chi connectivity index (χ3n) is 4.85. The first-order valence-electron chi connectivity index (χ1n) is 8.61. The molecular weight excluding hydrogens is 318 g/mol. The molecule has 0 radical (unpaired) electrons. The van der Waals surface area contributed by atoms with E-state index in [1.807, 2.05) is 47.7 Å². The molecule has 2 aromatic rings. The van der Waals surface area contributed by atoms with Crippen LogP contribution < -0.4 is 5.32 Å². The monoisotopic (exact) mass is 343 g/mol. The summed E-state index contributed by atoms with van der Waals surface area (Å²) in [6, 6.07) is 7.73. The van der Waals surface area contributed by atoms with Gasteiger partial charge in [0.25, 0.3) is 0 Å². The van der Waals surface area contributed by atoms with Crippen LogP contribution in [0.5, 0.6) is 0 Å². The summed E-state index contributed by atoms with van der Waals surface area (Å²) < 4.78 is 7.29. The van der Waals surface area contributed by atoms with Crippen LogP contribution in [0.15, 0.2) is 30.6 Å². The molecule has 0 unspecified atom stereocenters. The molecule has 1 atom stereocenters. The number of amides is 2. The maximum atomic E-state index is 12.5. The van der Waals surface area contributed by atoms with Gasteiger partial charge in [-0.1, -0.05) is 12.1 Å². The van der Waals surface area contributed by atoms with E-state index in [1.165, 1.54) is 0 Å². The van der Waals surface area contributed by atoms with Gasteiger partial charge in [-0.15, -0.1) is 10.2 Å². The number of nitrogens with one attached hydrogen (secondary N) is 1. The van der Waals surface area contributed by atoms with Crippen LogP contribution in [0.1, 0.15) is 43.2 Å². The van der Waals surface area contributed by atoms with Crippen molar-refractivity contribution in [2.75, 3.05) is 25.5 Å². The van der Waals surface area contributed by atoms with Crippen molar-refractivity contribution < 1.29 is 9.53 Å².